The molecule has 0 aromatic carbocycles. The van der Waals surface area contributed by atoms with Gasteiger partial charge in [-0.25, -0.2) is 0 Å². The Morgan fingerprint density at radius 3 is 1.23 bits per heavy atom. The van der Waals surface area contributed by atoms with Crippen molar-refractivity contribution in [1.29, 1.82) is 0 Å². The first-order valence-corrected chi connectivity index (χ1v) is 23.1. The molecule has 0 aliphatic rings. The number of aliphatic hydroxyl groups is 3. The minimum atomic E-state index is -0.947. The molecule has 1 amide bonds. The van der Waals surface area contributed by atoms with Crippen LogP contribution in [0.5, 0.6) is 0 Å². The number of carbonyl (C=O) groups excluding carboxylic acids is 1. The normalized spacial score (nSPS) is 13.7. The van der Waals surface area contributed by atoms with E-state index in [4.69, 9.17) is 0 Å². The number of hydrogen-bond donors (Lipinski definition) is 4. The lowest BCUT2D eigenvalue weighted by atomic mass is 10.0. The van der Waals surface area contributed by atoms with Gasteiger partial charge in [0.2, 0.25) is 5.91 Å². The molecule has 308 valence electrons. The van der Waals surface area contributed by atoms with Gasteiger partial charge in [-0.3, -0.25) is 4.79 Å². The van der Waals surface area contributed by atoms with Crippen LogP contribution in [0.1, 0.15) is 245 Å². The summed E-state index contributed by atoms with van der Waals surface area (Å²) < 4.78 is 0. The van der Waals surface area contributed by atoms with Gasteiger partial charge in [0.1, 0.15) is 0 Å². The lowest BCUT2D eigenvalue weighted by Crippen LogP contribution is -2.45. The van der Waals surface area contributed by atoms with Gasteiger partial charge in [0.25, 0.3) is 0 Å². The maximum absolute atomic E-state index is 12.4. The molecule has 0 rings (SSSR count). The maximum atomic E-state index is 12.4. The first kappa shape index (κ1) is 50.8. The average Bonchev–Trinajstić information content (AvgIpc) is 3.14. The number of unbranched alkanes of at least 4 members (excludes halogenated alkanes) is 31. The second-order valence-electron chi connectivity index (χ2n) is 16.0. The summed E-state index contributed by atoms with van der Waals surface area (Å²) in [5.41, 5.74) is 0. The fraction of sp³-hybridized carbons (Fsp3) is 0.894. The predicted octanol–water partition coefficient (Wildman–Crippen LogP) is 13.4. The molecule has 5 heteroatoms. The van der Waals surface area contributed by atoms with Crippen molar-refractivity contribution < 1.29 is 20.1 Å². The maximum Gasteiger partial charge on any atom is 0.222 e. The number of hydrogen-bond acceptors (Lipinski definition) is 4. The molecule has 0 heterocycles. The van der Waals surface area contributed by atoms with E-state index < -0.39 is 18.2 Å². The molecule has 3 atom stereocenters. The molecule has 0 radical (unpaired) electrons. The molecule has 0 saturated carbocycles. The first-order chi connectivity index (χ1) is 25.5. The third kappa shape index (κ3) is 38.6. The van der Waals surface area contributed by atoms with Crippen molar-refractivity contribution in [3.8, 4) is 0 Å². The number of aliphatic hydroxyl groups excluding tert-OH is 3. The summed E-state index contributed by atoms with van der Waals surface area (Å²) in [6, 6.07) is -0.756. The van der Waals surface area contributed by atoms with Gasteiger partial charge < -0.3 is 20.6 Å². The quantitative estimate of drug-likeness (QED) is 0.0371. The minimum absolute atomic E-state index is 0.00939. The summed E-state index contributed by atoms with van der Waals surface area (Å²) >= 11 is 0. The molecule has 0 saturated heterocycles. The molecule has 0 aliphatic heterocycles. The van der Waals surface area contributed by atoms with E-state index in [0.717, 1.165) is 32.1 Å². The highest BCUT2D eigenvalue weighted by atomic mass is 16.3. The molecule has 0 aliphatic carbocycles. The van der Waals surface area contributed by atoms with E-state index in [1.54, 1.807) is 6.08 Å². The van der Waals surface area contributed by atoms with Gasteiger partial charge >= 0.3 is 0 Å². The van der Waals surface area contributed by atoms with Crippen molar-refractivity contribution in [3.05, 3.63) is 24.3 Å². The Morgan fingerprint density at radius 2 is 0.827 bits per heavy atom. The van der Waals surface area contributed by atoms with Crippen LogP contribution in [0.2, 0.25) is 0 Å². The molecule has 5 nitrogen and oxygen atoms in total. The highest BCUT2D eigenvalue weighted by Gasteiger charge is 2.20. The van der Waals surface area contributed by atoms with Crippen molar-refractivity contribution in [3.63, 3.8) is 0 Å². The van der Waals surface area contributed by atoms with E-state index in [1.807, 2.05) is 6.08 Å². The Labute approximate surface area is 324 Å². The molecular formula is C47H91NO4. The summed E-state index contributed by atoms with van der Waals surface area (Å²) in [5, 5.41) is 33.1. The van der Waals surface area contributed by atoms with Crippen LogP contribution in [0, 0.1) is 0 Å². The number of nitrogens with one attached hydrogen (secondary N) is 1. The van der Waals surface area contributed by atoms with Gasteiger partial charge in [-0.2, -0.15) is 0 Å². The molecule has 0 spiro atoms. The van der Waals surface area contributed by atoms with Crippen LogP contribution in [-0.4, -0.2) is 46.1 Å². The predicted molar refractivity (Wildman–Crippen MR) is 227 cm³/mol. The number of rotatable bonds is 42. The zero-order valence-electron chi connectivity index (χ0n) is 35.0. The Bertz CT molecular complexity index is 768. The van der Waals surface area contributed by atoms with Crippen molar-refractivity contribution in [1.82, 2.24) is 5.32 Å². The summed E-state index contributed by atoms with van der Waals surface area (Å²) in [5.74, 6) is -0.324. The van der Waals surface area contributed by atoms with Crippen LogP contribution < -0.4 is 5.32 Å². The zero-order chi connectivity index (χ0) is 38.0. The van der Waals surface area contributed by atoms with Crippen molar-refractivity contribution in [2.24, 2.45) is 0 Å². The van der Waals surface area contributed by atoms with Crippen molar-refractivity contribution >= 4 is 5.91 Å². The fourth-order valence-corrected chi connectivity index (χ4v) is 7.18. The molecule has 3 unspecified atom stereocenters. The summed E-state index contributed by atoms with van der Waals surface area (Å²) in [6.07, 6.45) is 52.1. The Kier molecular flexibility index (Phi) is 41.6. The van der Waals surface area contributed by atoms with E-state index >= 15 is 0 Å². The Balaban J connectivity index is 3.51. The number of amides is 1. The summed E-state index contributed by atoms with van der Waals surface area (Å²) in [6.45, 7) is 4.17. The molecule has 0 fully saturated rings. The third-order valence-electron chi connectivity index (χ3n) is 10.7. The Morgan fingerprint density at radius 1 is 0.481 bits per heavy atom. The summed E-state index contributed by atoms with van der Waals surface area (Å²) in [4.78, 5) is 12.4. The van der Waals surface area contributed by atoms with Crippen LogP contribution in [0.25, 0.3) is 0 Å². The van der Waals surface area contributed by atoms with Crippen molar-refractivity contribution in [2.45, 2.75) is 263 Å². The average molecular weight is 734 g/mol. The Hall–Kier alpha value is -1.17. The van der Waals surface area contributed by atoms with E-state index in [0.29, 0.717) is 6.42 Å². The van der Waals surface area contributed by atoms with E-state index in [2.05, 4.69) is 31.3 Å². The lowest BCUT2D eigenvalue weighted by molar-refractivity contribution is -0.124. The van der Waals surface area contributed by atoms with Crippen LogP contribution in [-0.2, 0) is 4.79 Å². The van der Waals surface area contributed by atoms with Crippen LogP contribution in [0.15, 0.2) is 24.3 Å². The standard InChI is InChI=1S/C47H91NO4/c1-3-5-7-9-11-13-15-16-17-18-19-20-21-22-23-24-25-26-27-28-29-30-31-32-34-36-38-40-44(50)42-47(52)48-45(43-49)46(51)41-39-37-35-33-14-12-10-8-6-4-2/h14,33,39,41,44-46,49-51H,3-13,15-32,34-38,40,42-43H2,1-2H3,(H,48,52)/b33-14+,41-39+. The van der Waals surface area contributed by atoms with Gasteiger partial charge in [-0.1, -0.05) is 231 Å². The van der Waals surface area contributed by atoms with Gasteiger partial charge in [-0.05, 0) is 32.1 Å². The monoisotopic (exact) mass is 734 g/mol. The highest BCUT2D eigenvalue weighted by molar-refractivity contribution is 5.76. The zero-order valence-corrected chi connectivity index (χ0v) is 35.0. The van der Waals surface area contributed by atoms with Gasteiger partial charge in [0, 0.05) is 0 Å². The van der Waals surface area contributed by atoms with Gasteiger partial charge in [0.15, 0.2) is 0 Å². The van der Waals surface area contributed by atoms with Crippen LogP contribution in [0.3, 0.4) is 0 Å². The van der Waals surface area contributed by atoms with Crippen molar-refractivity contribution in [2.75, 3.05) is 6.61 Å². The number of carbonyl (C=O) groups is 1. The molecule has 0 bridgehead atoms. The number of allylic oxidation sites excluding steroid dienone is 3. The van der Waals surface area contributed by atoms with Gasteiger partial charge in [-0.15, -0.1) is 0 Å². The largest absolute Gasteiger partial charge is 0.394 e. The van der Waals surface area contributed by atoms with E-state index in [1.165, 1.54) is 186 Å². The highest BCUT2D eigenvalue weighted by Crippen LogP contribution is 2.17. The minimum Gasteiger partial charge on any atom is -0.394 e. The topological polar surface area (TPSA) is 89.8 Å². The third-order valence-corrected chi connectivity index (χ3v) is 10.7. The van der Waals surface area contributed by atoms with Gasteiger partial charge in [0.05, 0.1) is 31.3 Å². The lowest BCUT2D eigenvalue weighted by Gasteiger charge is -2.21. The second kappa shape index (κ2) is 42.6. The molecular weight excluding hydrogens is 643 g/mol. The molecule has 0 aromatic heterocycles. The van der Waals surface area contributed by atoms with E-state index in [-0.39, 0.29) is 18.9 Å². The summed E-state index contributed by atoms with van der Waals surface area (Å²) in [7, 11) is 0. The molecule has 4 N–H and O–H groups in total. The SMILES string of the molecule is CCCCCC/C=C/CC/C=C/C(O)C(CO)NC(=O)CC(O)CCCCCCCCCCCCCCCCCCCCCCCCCCCCC. The first-order valence-electron chi connectivity index (χ1n) is 23.1. The molecule has 52 heavy (non-hydrogen) atoms. The van der Waals surface area contributed by atoms with Crippen LogP contribution >= 0.6 is 0 Å². The second-order valence-corrected chi connectivity index (χ2v) is 16.0. The van der Waals surface area contributed by atoms with Crippen LogP contribution in [0.4, 0.5) is 0 Å². The molecule has 0 aromatic rings. The fourth-order valence-electron chi connectivity index (χ4n) is 7.18. The smallest absolute Gasteiger partial charge is 0.222 e. The van der Waals surface area contributed by atoms with E-state index in [9.17, 15) is 20.1 Å².